The van der Waals surface area contributed by atoms with E-state index < -0.39 is 0 Å². The summed E-state index contributed by atoms with van der Waals surface area (Å²) in [5.74, 6) is 0.833. The maximum Gasteiger partial charge on any atom is 0.0166 e. The first-order valence-electron chi connectivity index (χ1n) is 9.49. The second kappa shape index (κ2) is 22.7. The Labute approximate surface area is 142 Å². The molecular weight excluding hydrogens is 266 g/mol. The second-order valence-corrected chi connectivity index (χ2v) is 6.25. The van der Waals surface area contributed by atoms with Crippen molar-refractivity contribution in [2.24, 2.45) is 5.92 Å². The maximum atomic E-state index is 2.47. The van der Waals surface area contributed by atoms with Crippen LogP contribution < -0.4 is 0 Å². The fourth-order valence-electron chi connectivity index (χ4n) is 1.58. The summed E-state index contributed by atoms with van der Waals surface area (Å²) >= 11 is 0. The summed E-state index contributed by atoms with van der Waals surface area (Å²) < 4.78 is 0. The van der Waals surface area contributed by atoms with Gasteiger partial charge in [0.05, 0.1) is 0 Å². The van der Waals surface area contributed by atoms with Gasteiger partial charge in [-0.15, -0.1) is 0 Å². The summed E-state index contributed by atoms with van der Waals surface area (Å²) in [6, 6.07) is 0.718. The zero-order valence-corrected chi connectivity index (χ0v) is 17.2. The van der Waals surface area contributed by atoms with E-state index in [0.29, 0.717) is 0 Å². The van der Waals surface area contributed by atoms with Gasteiger partial charge in [-0.1, -0.05) is 79.2 Å². The zero-order valence-electron chi connectivity index (χ0n) is 17.2. The van der Waals surface area contributed by atoms with Gasteiger partial charge in [-0.05, 0) is 39.0 Å². The maximum absolute atomic E-state index is 2.47. The van der Waals surface area contributed by atoms with Crippen LogP contribution >= 0.6 is 0 Å². The van der Waals surface area contributed by atoms with Crippen LogP contribution in [0.1, 0.15) is 88.0 Å². The Balaban J connectivity index is -0.000000249. The lowest BCUT2D eigenvalue weighted by atomic mass is 10.2. The third-order valence-corrected chi connectivity index (χ3v) is 2.68. The highest BCUT2D eigenvalue weighted by molar-refractivity contribution is 4.91. The highest BCUT2D eigenvalue weighted by Crippen LogP contribution is 2.04. The Bertz CT molecular complexity index is 223. The van der Waals surface area contributed by atoms with Crippen LogP contribution in [0.25, 0.3) is 0 Å². The van der Waals surface area contributed by atoms with Crippen LogP contribution in [0.4, 0.5) is 0 Å². The third-order valence-electron chi connectivity index (χ3n) is 2.68. The van der Waals surface area contributed by atoms with Crippen molar-refractivity contribution in [2.75, 3.05) is 13.1 Å². The van der Waals surface area contributed by atoms with Crippen molar-refractivity contribution in [1.82, 2.24) is 4.90 Å². The van der Waals surface area contributed by atoms with Gasteiger partial charge in [-0.2, -0.15) is 0 Å². The van der Waals surface area contributed by atoms with Crippen LogP contribution in [0.15, 0.2) is 24.3 Å². The molecule has 1 heteroatoms. The molecule has 0 fully saturated rings. The summed E-state index contributed by atoms with van der Waals surface area (Å²) in [6.45, 7) is 21.7. The van der Waals surface area contributed by atoms with Crippen molar-refractivity contribution < 1.29 is 0 Å². The van der Waals surface area contributed by atoms with Gasteiger partial charge in [0.25, 0.3) is 0 Å². The van der Waals surface area contributed by atoms with E-state index in [2.05, 4.69) is 77.7 Å². The highest BCUT2D eigenvalue weighted by Gasteiger charge is 2.07. The van der Waals surface area contributed by atoms with Crippen LogP contribution in [0.3, 0.4) is 0 Å². The smallest absolute Gasteiger partial charge is 0.0166 e. The standard InChI is InChI=1S/C8H15N.C7H14.C4H10.C2H6/c1-8(2)9-6-4-3-5-7-9;1-3-5-7-6-4-2;1-4(2)3;1-2/h3-4,8H,5-7H2,1-2H3;5,7H,3-4,6H2,1-2H3;4H,1-3H3;1-2H3/b;7-5-;;. The average Bonchev–Trinajstić information content (AvgIpc) is 2.51. The largest absolute Gasteiger partial charge is 0.297 e. The molecule has 134 valence electrons. The van der Waals surface area contributed by atoms with Gasteiger partial charge in [0.2, 0.25) is 0 Å². The number of hydrogen-bond acceptors (Lipinski definition) is 1. The van der Waals surface area contributed by atoms with Crippen LogP contribution in [-0.4, -0.2) is 24.0 Å². The van der Waals surface area contributed by atoms with Crippen molar-refractivity contribution in [1.29, 1.82) is 0 Å². The molecule has 1 aliphatic rings. The van der Waals surface area contributed by atoms with E-state index in [1.165, 1.54) is 32.2 Å². The molecule has 1 nitrogen and oxygen atoms in total. The zero-order chi connectivity index (χ0) is 17.8. The second-order valence-electron chi connectivity index (χ2n) is 6.25. The topological polar surface area (TPSA) is 3.24 Å². The Morgan fingerprint density at radius 3 is 1.77 bits per heavy atom. The molecule has 1 rings (SSSR count). The Morgan fingerprint density at radius 1 is 0.955 bits per heavy atom. The Hall–Kier alpha value is -0.560. The molecule has 0 saturated heterocycles. The first kappa shape index (κ1) is 26.3. The molecule has 1 aliphatic heterocycles. The summed E-state index contributed by atoms with van der Waals surface area (Å²) in [4.78, 5) is 2.47. The number of unbranched alkanes of at least 4 members (excludes halogenated alkanes) is 1. The quantitative estimate of drug-likeness (QED) is 0.500. The molecule has 0 aromatic carbocycles. The van der Waals surface area contributed by atoms with Crippen molar-refractivity contribution >= 4 is 0 Å². The van der Waals surface area contributed by atoms with Crippen molar-refractivity contribution in [2.45, 2.75) is 94.0 Å². The predicted molar refractivity (Wildman–Crippen MR) is 107 cm³/mol. The van der Waals surface area contributed by atoms with Crippen LogP contribution in [0.2, 0.25) is 0 Å². The van der Waals surface area contributed by atoms with Crippen LogP contribution in [-0.2, 0) is 0 Å². The lowest BCUT2D eigenvalue weighted by molar-refractivity contribution is 0.243. The van der Waals surface area contributed by atoms with E-state index in [4.69, 9.17) is 0 Å². The SMILES string of the molecule is CC.CC(C)C.CC(C)N1CC=CCC1.CC/C=C\CCC. The van der Waals surface area contributed by atoms with Crippen LogP contribution in [0.5, 0.6) is 0 Å². The molecule has 0 amide bonds. The first-order valence-corrected chi connectivity index (χ1v) is 9.49. The molecule has 0 aromatic heterocycles. The molecule has 0 spiro atoms. The molecule has 0 radical (unpaired) electrons. The Kier molecular flexibility index (Phi) is 27.2. The van der Waals surface area contributed by atoms with Gasteiger partial charge in [-0.3, -0.25) is 4.90 Å². The number of allylic oxidation sites excluding steroid dienone is 2. The summed E-state index contributed by atoms with van der Waals surface area (Å²) in [5.41, 5.74) is 0. The molecule has 0 aliphatic carbocycles. The monoisotopic (exact) mass is 311 g/mol. The normalized spacial score (nSPS) is 14.0. The number of hydrogen-bond donors (Lipinski definition) is 0. The van der Waals surface area contributed by atoms with Gasteiger partial charge >= 0.3 is 0 Å². The van der Waals surface area contributed by atoms with Crippen LogP contribution in [0, 0.1) is 5.92 Å². The van der Waals surface area contributed by atoms with Gasteiger partial charge in [0.15, 0.2) is 0 Å². The molecule has 0 unspecified atom stereocenters. The first-order chi connectivity index (χ1) is 10.5. The molecule has 22 heavy (non-hydrogen) atoms. The van der Waals surface area contributed by atoms with E-state index >= 15 is 0 Å². The van der Waals surface area contributed by atoms with Crippen molar-refractivity contribution in [3.8, 4) is 0 Å². The van der Waals surface area contributed by atoms with Gasteiger partial charge in [-0.25, -0.2) is 0 Å². The highest BCUT2D eigenvalue weighted by atomic mass is 15.1. The number of nitrogens with zero attached hydrogens (tertiary/aromatic N) is 1. The molecular formula is C21H45N. The molecule has 0 atom stereocenters. The van der Waals surface area contributed by atoms with E-state index in [1.54, 1.807) is 0 Å². The third kappa shape index (κ3) is 27.7. The molecule has 0 aromatic rings. The molecule has 1 heterocycles. The summed E-state index contributed by atoms with van der Waals surface area (Å²) in [5, 5.41) is 0. The predicted octanol–water partition coefficient (Wildman–Crippen LogP) is 7.10. The molecule has 0 bridgehead atoms. The lowest BCUT2D eigenvalue weighted by Gasteiger charge is -2.26. The minimum absolute atomic E-state index is 0.718. The van der Waals surface area contributed by atoms with Gasteiger partial charge in [0.1, 0.15) is 0 Å². The fourth-order valence-corrected chi connectivity index (χ4v) is 1.58. The minimum Gasteiger partial charge on any atom is -0.297 e. The average molecular weight is 312 g/mol. The lowest BCUT2D eigenvalue weighted by Crippen LogP contribution is -2.33. The fraction of sp³-hybridized carbons (Fsp3) is 0.810. The van der Waals surface area contributed by atoms with E-state index in [0.717, 1.165) is 18.5 Å². The van der Waals surface area contributed by atoms with Gasteiger partial charge in [0, 0.05) is 19.1 Å². The molecule has 0 saturated carbocycles. The van der Waals surface area contributed by atoms with Gasteiger partial charge < -0.3 is 0 Å². The number of rotatable bonds is 4. The summed E-state index contributed by atoms with van der Waals surface area (Å²) in [6.07, 6.45) is 13.9. The Morgan fingerprint density at radius 2 is 1.50 bits per heavy atom. The van der Waals surface area contributed by atoms with Crippen molar-refractivity contribution in [3.63, 3.8) is 0 Å². The molecule has 0 N–H and O–H groups in total. The van der Waals surface area contributed by atoms with E-state index in [1.807, 2.05) is 13.8 Å². The minimum atomic E-state index is 0.718. The van der Waals surface area contributed by atoms with Crippen molar-refractivity contribution in [3.05, 3.63) is 24.3 Å². The van der Waals surface area contributed by atoms with E-state index in [-0.39, 0.29) is 0 Å². The van der Waals surface area contributed by atoms with E-state index in [9.17, 15) is 0 Å². The summed E-state index contributed by atoms with van der Waals surface area (Å²) in [7, 11) is 0.